The van der Waals surface area contributed by atoms with Gasteiger partial charge in [0.05, 0.1) is 18.3 Å². The van der Waals surface area contributed by atoms with Gasteiger partial charge in [0.2, 0.25) is 5.91 Å². The van der Waals surface area contributed by atoms with Crippen LogP contribution in [0.25, 0.3) is 10.9 Å². The lowest BCUT2D eigenvalue weighted by Gasteiger charge is -2.15. The monoisotopic (exact) mass is 446 g/mol. The molecule has 0 radical (unpaired) electrons. The largest absolute Gasteiger partial charge is 0.507 e. The van der Waals surface area contributed by atoms with E-state index in [0.717, 1.165) is 27.7 Å². The molecule has 1 aromatic heterocycles. The van der Waals surface area contributed by atoms with Crippen LogP contribution in [0.15, 0.2) is 48.2 Å². The molecule has 33 heavy (non-hydrogen) atoms. The first-order valence-corrected chi connectivity index (χ1v) is 10.8. The molecule has 0 spiro atoms. The molecule has 1 aliphatic rings. The van der Waals surface area contributed by atoms with E-state index in [4.69, 9.17) is 9.47 Å². The first-order chi connectivity index (χ1) is 15.9. The molecule has 0 saturated carbocycles. The molecule has 0 fully saturated rings. The zero-order valence-electron chi connectivity index (χ0n) is 18.9. The Morgan fingerprint density at radius 1 is 1.27 bits per heavy atom. The number of amides is 1. The summed E-state index contributed by atoms with van der Waals surface area (Å²) < 4.78 is 10.6. The predicted molar refractivity (Wildman–Crippen MR) is 126 cm³/mol. The maximum Gasteiger partial charge on any atom is 0.342 e. The van der Waals surface area contributed by atoms with E-state index in [1.807, 2.05) is 50.3 Å². The van der Waals surface area contributed by atoms with Crippen molar-refractivity contribution in [1.29, 1.82) is 0 Å². The number of esters is 1. The van der Waals surface area contributed by atoms with Crippen LogP contribution in [0.5, 0.6) is 11.5 Å². The summed E-state index contributed by atoms with van der Waals surface area (Å²) in [7, 11) is 1.54. The minimum Gasteiger partial charge on any atom is -0.507 e. The number of aromatic nitrogens is 1. The summed E-state index contributed by atoms with van der Waals surface area (Å²) in [6.45, 7) is 3.93. The van der Waals surface area contributed by atoms with Gasteiger partial charge in [0.25, 0.3) is 0 Å². The maximum atomic E-state index is 12.5. The van der Waals surface area contributed by atoms with Crippen LogP contribution in [0.1, 0.15) is 46.8 Å². The number of phenols is 1. The second-order valence-corrected chi connectivity index (χ2v) is 8.09. The summed E-state index contributed by atoms with van der Waals surface area (Å²) in [4.78, 5) is 28.9. The maximum absolute atomic E-state index is 12.5. The molecule has 7 nitrogen and oxygen atoms in total. The average molecular weight is 447 g/mol. The van der Waals surface area contributed by atoms with Crippen molar-refractivity contribution in [2.24, 2.45) is 0 Å². The van der Waals surface area contributed by atoms with Crippen LogP contribution in [0, 0.1) is 6.92 Å². The zero-order valence-corrected chi connectivity index (χ0v) is 18.9. The molecule has 0 bridgehead atoms. The molecule has 0 aliphatic carbocycles. The first-order valence-electron chi connectivity index (χ1n) is 10.8. The number of hydrogen-bond acceptors (Lipinski definition) is 6. The number of ether oxygens (including phenoxy) is 2. The quantitative estimate of drug-likeness (QED) is 0.398. The van der Waals surface area contributed by atoms with Gasteiger partial charge in [0.1, 0.15) is 23.7 Å². The highest BCUT2D eigenvalue weighted by Gasteiger charge is 2.31. The summed E-state index contributed by atoms with van der Waals surface area (Å²) in [6, 6.07) is 9.40. The molecule has 1 aliphatic heterocycles. The molecule has 0 unspecified atom stereocenters. The average Bonchev–Trinajstić information content (AvgIpc) is 3.21. The molecular weight excluding hydrogens is 420 g/mol. The number of fused-ring (bicyclic) bond motifs is 2. The Bertz CT molecular complexity index is 1270. The van der Waals surface area contributed by atoms with E-state index in [1.165, 1.54) is 0 Å². The molecule has 2 aromatic carbocycles. The number of carbonyl (C=O) groups is 2. The number of nitrogens with one attached hydrogen (secondary N) is 1. The van der Waals surface area contributed by atoms with E-state index in [9.17, 15) is 14.7 Å². The van der Waals surface area contributed by atoms with Crippen molar-refractivity contribution in [2.75, 3.05) is 12.4 Å². The smallest absolute Gasteiger partial charge is 0.342 e. The SMILES string of the molecule is COc1c(C)c2c(c(O)c1C/C=C(\C)CCC(=O)Nc1cccc3ncccc13)C(=O)OC2. The van der Waals surface area contributed by atoms with Crippen LogP contribution in [0.2, 0.25) is 0 Å². The summed E-state index contributed by atoms with van der Waals surface area (Å²) in [6.07, 6.45) is 4.92. The fourth-order valence-corrected chi connectivity index (χ4v) is 4.14. The van der Waals surface area contributed by atoms with Gasteiger partial charge in [-0.1, -0.05) is 17.7 Å². The van der Waals surface area contributed by atoms with E-state index in [-0.39, 0.29) is 23.8 Å². The second kappa shape index (κ2) is 9.32. The molecule has 2 N–H and O–H groups in total. The van der Waals surface area contributed by atoms with Crippen LogP contribution < -0.4 is 10.1 Å². The first kappa shape index (κ1) is 22.3. The Morgan fingerprint density at radius 2 is 2.09 bits per heavy atom. The molecule has 170 valence electrons. The molecule has 2 heterocycles. The molecule has 4 rings (SSSR count). The van der Waals surface area contributed by atoms with Crippen molar-refractivity contribution in [2.45, 2.75) is 39.7 Å². The normalized spacial score (nSPS) is 13.1. The zero-order chi connectivity index (χ0) is 23.5. The number of rotatable bonds is 7. The van der Waals surface area contributed by atoms with Gasteiger partial charge < -0.3 is 19.9 Å². The molecule has 3 aromatic rings. The number of nitrogens with zero attached hydrogens (tertiary/aromatic N) is 1. The standard InChI is InChI=1S/C26H26N2O5/c1-15(10-12-22(29)28-21-8-4-7-20-17(21)6-5-13-27-20)9-11-18-24(30)23-19(14-33-26(23)31)16(2)25(18)32-3/h4-9,13,30H,10-12,14H2,1-3H3,(H,28,29)/b15-9+. The molecule has 7 heteroatoms. The van der Waals surface area contributed by atoms with Crippen LogP contribution in [0.3, 0.4) is 0 Å². The number of carbonyl (C=O) groups excluding carboxylic acids is 2. The summed E-state index contributed by atoms with van der Waals surface area (Å²) in [5.74, 6) is -0.150. The Morgan fingerprint density at radius 3 is 2.88 bits per heavy atom. The highest BCUT2D eigenvalue weighted by Crippen LogP contribution is 2.42. The summed E-state index contributed by atoms with van der Waals surface area (Å²) >= 11 is 0. The van der Waals surface area contributed by atoms with Crippen molar-refractivity contribution in [3.63, 3.8) is 0 Å². The number of hydrogen-bond donors (Lipinski definition) is 2. The van der Waals surface area contributed by atoms with Crippen molar-refractivity contribution in [1.82, 2.24) is 4.98 Å². The Labute approximate surface area is 192 Å². The summed E-state index contributed by atoms with van der Waals surface area (Å²) in [5, 5.41) is 14.6. The van der Waals surface area contributed by atoms with Crippen LogP contribution in [-0.4, -0.2) is 29.1 Å². The van der Waals surface area contributed by atoms with Gasteiger partial charge in [-0.05, 0) is 56.5 Å². The second-order valence-electron chi connectivity index (χ2n) is 8.09. The number of benzene rings is 2. The topological polar surface area (TPSA) is 97.8 Å². The third kappa shape index (κ3) is 4.39. The van der Waals surface area contributed by atoms with E-state index in [2.05, 4.69) is 10.3 Å². The van der Waals surface area contributed by atoms with E-state index in [1.54, 1.807) is 13.3 Å². The van der Waals surface area contributed by atoms with Crippen molar-refractivity contribution < 1.29 is 24.2 Å². The molecule has 1 amide bonds. The lowest BCUT2D eigenvalue weighted by Crippen LogP contribution is -2.11. The van der Waals surface area contributed by atoms with Crippen LogP contribution in [0.4, 0.5) is 5.69 Å². The van der Waals surface area contributed by atoms with Crippen LogP contribution in [-0.2, 0) is 22.6 Å². The minimum atomic E-state index is -0.518. The van der Waals surface area contributed by atoms with Gasteiger partial charge in [-0.15, -0.1) is 0 Å². The van der Waals surface area contributed by atoms with Gasteiger partial charge in [0.15, 0.2) is 0 Å². The highest BCUT2D eigenvalue weighted by molar-refractivity contribution is 6.01. The lowest BCUT2D eigenvalue weighted by atomic mass is 9.94. The molecular formula is C26H26N2O5. The van der Waals surface area contributed by atoms with Crippen molar-refractivity contribution in [3.05, 3.63) is 70.4 Å². The fourth-order valence-electron chi connectivity index (χ4n) is 4.14. The van der Waals surface area contributed by atoms with Gasteiger partial charge in [0, 0.05) is 29.1 Å². The van der Waals surface area contributed by atoms with Gasteiger partial charge in [-0.3, -0.25) is 9.78 Å². The van der Waals surface area contributed by atoms with Gasteiger partial charge in [-0.2, -0.15) is 0 Å². The van der Waals surface area contributed by atoms with Crippen molar-refractivity contribution in [3.8, 4) is 11.5 Å². The van der Waals surface area contributed by atoms with Crippen molar-refractivity contribution >= 4 is 28.5 Å². The Balaban J connectivity index is 1.44. The predicted octanol–water partition coefficient (Wildman–Crippen LogP) is 4.84. The Hall–Kier alpha value is -3.87. The molecule has 0 saturated heterocycles. The van der Waals surface area contributed by atoms with E-state index >= 15 is 0 Å². The highest BCUT2D eigenvalue weighted by atomic mass is 16.5. The van der Waals surface area contributed by atoms with Gasteiger partial charge >= 0.3 is 5.97 Å². The molecule has 0 atom stereocenters. The van der Waals surface area contributed by atoms with E-state index < -0.39 is 5.97 Å². The van der Waals surface area contributed by atoms with Crippen LogP contribution >= 0.6 is 0 Å². The summed E-state index contributed by atoms with van der Waals surface area (Å²) in [5.41, 5.74) is 4.78. The lowest BCUT2D eigenvalue weighted by molar-refractivity contribution is -0.116. The fraction of sp³-hybridized carbons (Fsp3) is 0.269. The number of phenolic OH excluding ortho intramolecular Hbond substituents is 1. The number of cyclic esters (lactones) is 1. The Kier molecular flexibility index (Phi) is 6.31. The van der Waals surface area contributed by atoms with Gasteiger partial charge in [-0.25, -0.2) is 4.79 Å². The minimum absolute atomic E-state index is 0.0874. The number of pyridine rings is 1. The number of allylic oxidation sites excluding steroid dienone is 2. The van der Waals surface area contributed by atoms with E-state index in [0.29, 0.717) is 36.1 Å². The third-order valence-corrected chi connectivity index (χ3v) is 5.97. The number of anilines is 1. The number of aromatic hydroxyl groups is 1. The number of methoxy groups -OCH3 is 1. The third-order valence-electron chi connectivity index (χ3n) is 5.97.